The van der Waals surface area contributed by atoms with E-state index in [1.807, 2.05) is 20.8 Å². The number of nitrogens with one attached hydrogen (secondary N) is 3. The fourth-order valence-electron chi connectivity index (χ4n) is 6.98. The summed E-state index contributed by atoms with van der Waals surface area (Å²) in [6.45, 7) is 6.41. The molecule has 1 spiro atoms. The smallest absolute Gasteiger partial charge is 0.237 e. The second kappa shape index (κ2) is 10.9. The summed E-state index contributed by atoms with van der Waals surface area (Å²) in [5.74, 6) is -2.98. The molecule has 2 amide bonds. The molecule has 40 heavy (non-hydrogen) atoms. The molecule has 4 N–H and O–H groups in total. The summed E-state index contributed by atoms with van der Waals surface area (Å²) in [5.41, 5.74) is -1.04. The van der Waals surface area contributed by atoms with Crippen molar-refractivity contribution in [2.45, 2.75) is 82.4 Å². The summed E-state index contributed by atoms with van der Waals surface area (Å²) >= 11 is 12.3. The Kier molecular flexibility index (Phi) is 7.94. The molecule has 2 aliphatic heterocycles. The molecule has 0 radical (unpaired) electrons. The van der Waals surface area contributed by atoms with E-state index in [-0.39, 0.29) is 33.0 Å². The zero-order valence-electron chi connectivity index (χ0n) is 22.8. The van der Waals surface area contributed by atoms with E-state index in [4.69, 9.17) is 23.2 Å². The van der Waals surface area contributed by atoms with Crippen molar-refractivity contribution < 1.29 is 23.5 Å². The lowest BCUT2D eigenvalue weighted by molar-refractivity contribution is -0.123. The van der Waals surface area contributed by atoms with Gasteiger partial charge in [-0.1, -0.05) is 56.1 Å². The van der Waals surface area contributed by atoms with Crippen LogP contribution in [0.2, 0.25) is 10.0 Å². The number of benzene rings is 2. The number of aliphatic hydroxyl groups is 1. The van der Waals surface area contributed by atoms with E-state index in [2.05, 4.69) is 16.0 Å². The molecule has 2 aromatic carbocycles. The van der Waals surface area contributed by atoms with E-state index < -0.39 is 41.0 Å². The minimum atomic E-state index is -1.52. The lowest BCUT2D eigenvalue weighted by Gasteiger charge is -2.37. The SMILES string of the molecule is CC(C)(C)C[C@H]1N[C@@H](C(=O)NCC[C@@H]2CC[C@@H](O)C2)[C@H](c2cccc(Cl)c2F)[C@@]12C(=O)Nc1cc(Cl)c(F)cc12. The molecule has 2 fully saturated rings. The molecule has 1 saturated heterocycles. The van der Waals surface area contributed by atoms with Gasteiger partial charge in [-0.2, -0.15) is 0 Å². The maximum Gasteiger partial charge on any atom is 0.237 e. The fourth-order valence-corrected chi connectivity index (χ4v) is 7.33. The predicted molar refractivity (Wildman–Crippen MR) is 152 cm³/mol. The lowest BCUT2D eigenvalue weighted by Crippen LogP contribution is -2.49. The summed E-state index contributed by atoms with van der Waals surface area (Å²) in [7, 11) is 0. The topological polar surface area (TPSA) is 90.5 Å². The summed E-state index contributed by atoms with van der Waals surface area (Å²) in [6, 6.07) is 5.48. The van der Waals surface area contributed by atoms with Crippen LogP contribution in [-0.4, -0.2) is 41.7 Å². The Balaban J connectivity index is 1.61. The van der Waals surface area contributed by atoms with Gasteiger partial charge in [-0.25, -0.2) is 8.78 Å². The van der Waals surface area contributed by atoms with Gasteiger partial charge in [0.1, 0.15) is 17.0 Å². The molecule has 2 heterocycles. The average molecular weight is 595 g/mol. The van der Waals surface area contributed by atoms with Gasteiger partial charge in [-0.3, -0.25) is 9.59 Å². The van der Waals surface area contributed by atoms with Crippen molar-refractivity contribution in [3.05, 3.63) is 63.1 Å². The number of carbonyl (C=O) groups is 2. The van der Waals surface area contributed by atoms with Crippen molar-refractivity contribution in [2.24, 2.45) is 11.3 Å². The third kappa shape index (κ3) is 5.13. The molecule has 1 saturated carbocycles. The van der Waals surface area contributed by atoms with Crippen LogP contribution >= 0.6 is 23.2 Å². The van der Waals surface area contributed by atoms with E-state index >= 15 is 4.39 Å². The van der Waals surface area contributed by atoms with Crippen molar-refractivity contribution in [1.29, 1.82) is 0 Å². The first-order valence-electron chi connectivity index (χ1n) is 13.8. The van der Waals surface area contributed by atoms with Crippen LogP contribution in [0.5, 0.6) is 0 Å². The number of rotatable bonds is 6. The van der Waals surface area contributed by atoms with Crippen LogP contribution < -0.4 is 16.0 Å². The van der Waals surface area contributed by atoms with Crippen molar-refractivity contribution in [3.63, 3.8) is 0 Å². The number of carbonyl (C=O) groups excluding carboxylic acids is 2. The van der Waals surface area contributed by atoms with Gasteiger partial charge in [0.15, 0.2) is 0 Å². The van der Waals surface area contributed by atoms with Crippen molar-refractivity contribution in [3.8, 4) is 0 Å². The van der Waals surface area contributed by atoms with Gasteiger partial charge < -0.3 is 21.1 Å². The van der Waals surface area contributed by atoms with Crippen LogP contribution in [0.4, 0.5) is 14.5 Å². The molecule has 0 aromatic heterocycles. The first-order valence-corrected chi connectivity index (χ1v) is 14.5. The van der Waals surface area contributed by atoms with Gasteiger partial charge in [0.05, 0.1) is 22.2 Å². The van der Waals surface area contributed by atoms with E-state index in [0.29, 0.717) is 43.0 Å². The van der Waals surface area contributed by atoms with Crippen molar-refractivity contribution >= 4 is 40.7 Å². The Hall–Kier alpha value is -2.26. The molecule has 6 atom stereocenters. The molecular formula is C30H35Cl2F2N3O3. The first kappa shape index (κ1) is 29.2. The van der Waals surface area contributed by atoms with E-state index in [1.54, 1.807) is 6.07 Å². The molecule has 10 heteroatoms. The third-order valence-corrected chi connectivity index (χ3v) is 9.25. The maximum atomic E-state index is 15.8. The number of hydrogen-bond donors (Lipinski definition) is 4. The van der Waals surface area contributed by atoms with Crippen molar-refractivity contribution in [2.75, 3.05) is 11.9 Å². The number of hydrogen-bond acceptors (Lipinski definition) is 4. The molecule has 5 rings (SSSR count). The van der Waals surface area contributed by atoms with E-state index in [1.165, 1.54) is 24.3 Å². The highest BCUT2D eigenvalue weighted by molar-refractivity contribution is 6.31. The van der Waals surface area contributed by atoms with Crippen LogP contribution in [0.3, 0.4) is 0 Å². The number of halogens is 4. The monoisotopic (exact) mass is 593 g/mol. The predicted octanol–water partition coefficient (Wildman–Crippen LogP) is 5.69. The number of aliphatic hydroxyl groups excluding tert-OH is 1. The highest BCUT2D eigenvalue weighted by Gasteiger charge is 2.66. The summed E-state index contributed by atoms with van der Waals surface area (Å²) in [6.07, 6.45) is 3.19. The van der Waals surface area contributed by atoms with Crippen LogP contribution in [0.15, 0.2) is 30.3 Å². The van der Waals surface area contributed by atoms with Crippen LogP contribution in [0, 0.1) is 23.0 Å². The van der Waals surface area contributed by atoms with Gasteiger partial charge in [-0.15, -0.1) is 0 Å². The first-order chi connectivity index (χ1) is 18.8. The molecule has 6 nitrogen and oxygen atoms in total. The highest BCUT2D eigenvalue weighted by atomic mass is 35.5. The molecule has 2 aromatic rings. The number of fused-ring (bicyclic) bond motifs is 2. The van der Waals surface area contributed by atoms with Gasteiger partial charge >= 0.3 is 0 Å². The standard InChI is InChI=1S/C30H35Cl2F2N3O3/c1-29(2,3)14-23-30(18-12-21(33)20(32)13-22(18)36-28(30)40)24(17-5-4-6-19(31)25(17)34)26(37-23)27(39)35-10-9-15-7-8-16(38)11-15/h4-6,12-13,15-16,23-24,26,37-38H,7-11,14H2,1-3H3,(H,35,39)(H,36,40)/t15-,16+,23+,24-,26+,30-/m0/s1. The largest absolute Gasteiger partial charge is 0.393 e. The summed E-state index contributed by atoms with van der Waals surface area (Å²) in [4.78, 5) is 28.0. The number of amides is 2. The van der Waals surface area contributed by atoms with Crippen molar-refractivity contribution in [1.82, 2.24) is 10.6 Å². The molecule has 1 aliphatic carbocycles. The zero-order valence-corrected chi connectivity index (χ0v) is 24.3. The maximum absolute atomic E-state index is 15.8. The van der Waals surface area contributed by atoms with Crippen LogP contribution in [0.25, 0.3) is 0 Å². The molecular weight excluding hydrogens is 559 g/mol. The van der Waals surface area contributed by atoms with Crippen LogP contribution in [0.1, 0.15) is 69.9 Å². The molecule has 3 aliphatic rings. The minimum Gasteiger partial charge on any atom is -0.393 e. The Morgan fingerprint density at radius 1 is 1.18 bits per heavy atom. The lowest BCUT2D eigenvalue weighted by atomic mass is 9.62. The third-order valence-electron chi connectivity index (χ3n) is 8.67. The Morgan fingerprint density at radius 3 is 2.60 bits per heavy atom. The summed E-state index contributed by atoms with van der Waals surface area (Å²) in [5, 5.41) is 18.8. The average Bonchev–Trinajstić information content (AvgIpc) is 3.51. The van der Waals surface area contributed by atoms with Gasteiger partial charge in [0, 0.05) is 24.2 Å². The Bertz CT molecular complexity index is 1330. The van der Waals surface area contributed by atoms with E-state index in [0.717, 1.165) is 12.8 Å². The van der Waals surface area contributed by atoms with Gasteiger partial charge in [0.25, 0.3) is 0 Å². The Morgan fingerprint density at radius 2 is 1.93 bits per heavy atom. The quantitative estimate of drug-likeness (QED) is 0.346. The normalized spacial score (nSPS) is 29.6. The van der Waals surface area contributed by atoms with Gasteiger partial charge in [0.2, 0.25) is 11.8 Å². The molecule has 216 valence electrons. The molecule has 0 bridgehead atoms. The Labute approximate surface area is 243 Å². The second-order valence-electron chi connectivity index (χ2n) is 12.6. The zero-order chi connectivity index (χ0) is 29.0. The summed E-state index contributed by atoms with van der Waals surface area (Å²) < 4.78 is 30.8. The molecule has 0 unspecified atom stereocenters. The minimum absolute atomic E-state index is 0.105. The number of anilines is 1. The van der Waals surface area contributed by atoms with E-state index in [9.17, 15) is 19.1 Å². The fraction of sp³-hybridized carbons (Fsp3) is 0.533. The second-order valence-corrected chi connectivity index (χ2v) is 13.4. The van der Waals surface area contributed by atoms with Crippen LogP contribution in [-0.2, 0) is 15.0 Å². The highest BCUT2D eigenvalue weighted by Crippen LogP contribution is 2.57. The van der Waals surface area contributed by atoms with Gasteiger partial charge in [-0.05, 0) is 72.8 Å².